The molecule has 6 bridgehead atoms. The fourth-order valence-corrected chi connectivity index (χ4v) is 14.8. The van der Waals surface area contributed by atoms with E-state index in [1.165, 1.54) is 32.6 Å². The van der Waals surface area contributed by atoms with Crippen LogP contribution in [0.25, 0.3) is 0 Å². The van der Waals surface area contributed by atoms with Gasteiger partial charge in [0.25, 0.3) is 0 Å². The van der Waals surface area contributed by atoms with E-state index in [4.69, 9.17) is 71.1 Å². The standard InChI is InChI=1S/C76H114F5N13O30/c77-55-56(78)58(80)66(59(81)57(55)79)121-54(102)10-8-6-4-2-1-3-5-7-9-53(101)85-73(14-11-50(98)82-17-20-109-23-26-112-29-32-115-38-47-35-92(89-86-47)60-63(103)67(106)74(41-95)44-118-70(60)122-74,15-12-51(99)83-18-21-110-24-27-113-30-33-116-39-48-36-93(90-87-48)61-64(104)68(107)75(42-96)45-119-71(61)123-75)16-13-52(100)84-19-22-111-25-28-114-31-34-117-40-49-37-94(91-88-49)62-65(105)69(108)76(43-97)46-120-72(62)124-76/h35-37,60-65,67-72,95-97,103-108H,1-34,38-46H2,(H,82,98)(H,83,99)(H,84,100)(H,85,101)/t60-,61-,62-,63-,64-,65-,67-,68-,69-,70+,71+,72+,74+,75+,76+/m1/s1. The Morgan fingerprint density at radius 3 is 1.01 bits per heavy atom. The number of esters is 1. The molecule has 124 heavy (non-hydrogen) atoms. The number of benzene rings is 1. The van der Waals surface area contributed by atoms with Gasteiger partial charge in [-0.15, -0.1) is 15.3 Å². The number of carbonyl (C=O) groups is 5. The van der Waals surface area contributed by atoms with Crippen molar-refractivity contribution in [2.24, 2.45) is 0 Å². The van der Waals surface area contributed by atoms with Crippen LogP contribution in [-0.2, 0) is 115 Å². The number of nitrogens with zero attached hydrogens (tertiary/aromatic N) is 9. The van der Waals surface area contributed by atoms with Crippen LogP contribution in [0.4, 0.5) is 22.0 Å². The highest BCUT2D eigenvalue weighted by Crippen LogP contribution is 2.45. The predicted molar refractivity (Wildman–Crippen MR) is 405 cm³/mol. The molecule has 6 fully saturated rings. The Kier molecular flexibility index (Phi) is 39.3. The second kappa shape index (κ2) is 49.3. The van der Waals surface area contributed by atoms with Gasteiger partial charge >= 0.3 is 5.97 Å². The maximum absolute atomic E-state index is 14.1. The summed E-state index contributed by atoms with van der Waals surface area (Å²) in [4.78, 5) is 67.3. The Balaban J connectivity index is 0.654. The first-order chi connectivity index (χ1) is 59.9. The van der Waals surface area contributed by atoms with E-state index < -0.39 is 180 Å². The van der Waals surface area contributed by atoms with Crippen LogP contribution in [-0.4, -0.2) is 357 Å². The van der Waals surface area contributed by atoms with Gasteiger partial charge in [-0.25, -0.2) is 27.2 Å². The van der Waals surface area contributed by atoms with Crippen molar-refractivity contribution in [2.75, 3.05) is 158 Å². The molecule has 0 aliphatic carbocycles. The third-order valence-electron chi connectivity index (χ3n) is 21.9. The molecule has 0 saturated carbocycles. The first kappa shape index (κ1) is 98.9. The summed E-state index contributed by atoms with van der Waals surface area (Å²) in [5, 5.41) is 130. The molecule has 1 aromatic carbocycles. The van der Waals surface area contributed by atoms with Crippen molar-refractivity contribution in [3.05, 3.63) is 64.8 Å². The van der Waals surface area contributed by atoms with Crippen molar-refractivity contribution in [1.82, 2.24) is 66.2 Å². The van der Waals surface area contributed by atoms with Gasteiger partial charge in [-0.2, -0.15) is 8.78 Å². The highest BCUT2D eigenvalue weighted by Gasteiger charge is 2.63. The summed E-state index contributed by atoms with van der Waals surface area (Å²) in [5.41, 5.74) is -4.34. The van der Waals surface area contributed by atoms with E-state index in [0.29, 0.717) is 55.6 Å². The molecule has 4 amide bonds. The molecule has 13 N–H and O–H groups in total. The lowest BCUT2D eigenvalue weighted by Gasteiger charge is -2.41. The van der Waals surface area contributed by atoms with Crippen LogP contribution in [0.1, 0.15) is 138 Å². The second-order valence-electron chi connectivity index (χ2n) is 30.8. The van der Waals surface area contributed by atoms with Crippen LogP contribution in [0.5, 0.6) is 5.75 Å². The number of aliphatic hydroxyl groups is 9. The van der Waals surface area contributed by atoms with Gasteiger partial charge < -0.3 is 143 Å². The minimum absolute atomic E-state index is 0.00221. The van der Waals surface area contributed by atoms with Crippen LogP contribution in [0.15, 0.2) is 18.6 Å². The van der Waals surface area contributed by atoms with Crippen LogP contribution < -0.4 is 26.0 Å². The summed E-state index contributed by atoms with van der Waals surface area (Å²) in [6.45, 7) is 0.803. The van der Waals surface area contributed by atoms with E-state index in [9.17, 15) is 91.9 Å². The van der Waals surface area contributed by atoms with Crippen LogP contribution >= 0.6 is 0 Å². The molecule has 0 unspecified atom stereocenters. The van der Waals surface area contributed by atoms with E-state index in [-0.39, 0.29) is 216 Å². The molecule has 3 aromatic heterocycles. The van der Waals surface area contributed by atoms with Crippen molar-refractivity contribution in [3.63, 3.8) is 0 Å². The van der Waals surface area contributed by atoms with E-state index in [2.05, 4.69) is 56.9 Å². The van der Waals surface area contributed by atoms with Gasteiger partial charge in [0.15, 0.2) is 18.9 Å². The minimum Gasteiger partial charge on any atom is -0.420 e. The van der Waals surface area contributed by atoms with Crippen molar-refractivity contribution in [2.45, 2.75) is 219 Å². The van der Waals surface area contributed by atoms with Crippen LogP contribution in [0.3, 0.4) is 0 Å². The van der Waals surface area contributed by atoms with Crippen LogP contribution in [0.2, 0.25) is 0 Å². The summed E-state index contributed by atoms with van der Waals surface area (Å²) in [6.07, 6.45) is -3.03. The molecule has 6 aliphatic heterocycles. The lowest BCUT2D eigenvalue weighted by molar-refractivity contribution is -0.244. The number of aliphatic hydroxyl groups excluding tert-OH is 9. The van der Waals surface area contributed by atoms with Crippen molar-refractivity contribution in [1.29, 1.82) is 0 Å². The third kappa shape index (κ3) is 27.1. The van der Waals surface area contributed by atoms with Crippen LogP contribution in [0, 0.1) is 29.1 Å². The number of hydrogen-bond acceptors (Lipinski definition) is 36. The smallest absolute Gasteiger partial charge is 0.311 e. The number of ether oxygens (including phenoxy) is 16. The Bertz CT molecular complexity index is 3640. The lowest BCUT2D eigenvalue weighted by atomic mass is 9.82. The topological polar surface area (TPSA) is 555 Å². The average Bonchev–Trinajstić information content (AvgIpc) is 1.61. The third-order valence-corrected chi connectivity index (χ3v) is 21.9. The number of amides is 4. The largest absolute Gasteiger partial charge is 0.420 e. The lowest BCUT2D eigenvalue weighted by Crippen LogP contribution is -2.60. The van der Waals surface area contributed by atoms with Crippen molar-refractivity contribution >= 4 is 29.6 Å². The maximum Gasteiger partial charge on any atom is 0.311 e. The van der Waals surface area contributed by atoms with E-state index in [1.54, 1.807) is 0 Å². The Labute approximate surface area is 708 Å². The summed E-state index contributed by atoms with van der Waals surface area (Å²) < 4.78 is 162. The highest BCUT2D eigenvalue weighted by atomic mass is 19.2. The molecule has 6 saturated heterocycles. The fourth-order valence-electron chi connectivity index (χ4n) is 14.8. The number of hydrogen-bond donors (Lipinski definition) is 13. The molecule has 10 rings (SSSR count). The molecule has 6 aliphatic rings. The molecule has 0 spiro atoms. The monoisotopic (exact) mass is 1780 g/mol. The van der Waals surface area contributed by atoms with Gasteiger partial charge in [0, 0.05) is 57.3 Å². The first-order valence-corrected chi connectivity index (χ1v) is 41.4. The molecule has 0 radical (unpaired) electrons. The van der Waals surface area contributed by atoms with E-state index in [1.807, 2.05) is 0 Å². The van der Waals surface area contributed by atoms with Gasteiger partial charge in [-0.3, -0.25) is 24.0 Å². The second-order valence-corrected chi connectivity index (χ2v) is 30.8. The molecular weight excluding hydrogens is 1670 g/mol. The van der Waals surface area contributed by atoms with Crippen molar-refractivity contribution in [3.8, 4) is 5.75 Å². The minimum atomic E-state index is -2.38. The Morgan fingerprint density at radius 1 is 0.395 bits per heavy atom. The Hall–Kier alpha value is -7.32. The molecular formula is C76H114F5N13O30. The molecule has 43 nitrogen and oxygen atoms in total. The van der Waals surface area contributed by atoms with E-state index in [0.717, 1.165) is 6.42 Å². The molecule has 48 heteroatoms. The number of nitrogens with one attached hydrogen (secondary N) is 4. The van der Waals surface area contributed by atoms with Gasteiger partial charge in [0.1, 0.15) is 88.6 Å². The number of unbranched alkanes of at least 4 members (excludes halogenated alkanes) is 7. The number of carbonyl (C=O) groups excluding carboxylic acids is 5. The molecule has 698 valence electrons. The number of rotatable bonds is 61. The number of aromatic nitrogens is 9. The van der Waals surface area contributed by atoms with Gasteiger partial charge in [-0.05, 0) is 32.1 Å². The zero-order chi connectivity index (χ0) is 88.7. The molecule has 4 aromatic rings. The SMILES string of the molecule is O=C(CCC(CCC(=O)NCCOCCOCCOCc1cn([C@H]2[C@H]3OC[C@](CO)(O3)[C@H](O)[C@@H]2O)nn1)(CCC(=O)NCCOCCOCCOCc1cn([C@H]2[C@H]3OC[C@](CO)(O3)[C@H](O)[C@@H]2O)nn1)NC(=O)CCCCCCCCCCC(=O)Oc1c(F)c(F)c(F)c(F)c1F)NCCOCCOCCOCc1cn([C@H]2[C@H]3OC[C@](CO)(O3)[C@H](O)[C@@H]2O)nn1. The average molecular weight is 1780 g/mol. The quantitative estimate of drug-likeness (QED) is 0.00538. The van der Waals surface area contributed by atoms with Gasteiger partial charge in [0.2, 0.25) is 58.5 Å². The van der Waals surface area contributed by atoms with Gasteiger partial charge in [-0.1, -0.05) is 54.2 Å². The first-order valence-electron chi connectivity index (χ1n) is 41.4. The number of fused-ring (bicyclic) bond motifs is 6. The normalized spacial score (nSPS) is 25.8. The summed E-state index contributed by atoms with van der Waals surface area (Å²) >= 11 is 0. The summed E-state index contributed by atoms with van der Waals surface area (Å²) in [6, 6.07) is -2.78. The highest BCUT2D eigenvalue weighted by molar-refractivity contribution is 5.80. The fraction of sp³-hybridized carbons (Fsp3) is 0.776. The molecule has 15 atom stereocenters. The number of halogens is 5. The predicted octanol–water partition coefficient (Wildman–Crippen LogP) is -2.60. The summed E-state index contributed by atoms with van der Waals surface area (Å²) in [5.74, 6) is -15.9. The Morgan fingerprint density at radius 2 is 0.685 bits per heavy atom. The maximum atomic E-state index is 14.1. The van der Waals surface area contributed by atoms with Crippen molar-refractivity contribution < 1.29 is 168 Å². The zero-order valence-electron chi connectivity index (χ0n) is 68.6. The summed E-state index contributed by atoms with van der Waals surface area (Å²) in [7, 11) is 0. The zero-order valence-corrected chi connectivity index (χ0v) is 68.6. The molecule has 9 heterocycles. The van der Waals surface area contributed by atoms with Gasteiger partial charge in [0.05, 0.1) is 177 Å². The van der Waals surface area contributed by atoms with E-state index >= 15 is 0 Å².